The number of hydrogen-bond donors (Lipinski definition) is 1. The predicted octanol–water partition coefficient (Wildman–Crippen LogP) is 0.374. The van der Waals surface area contributed by atoms with Gasteiger partial charge in [0.25, 0.3) is 5.91 Å². The maximum absolute atomic E-state index is 12.8. The first-order valence-electron chi connectivity index (χ1n) is 8.12. The fraction of sp³-hybridized carbons (Fsp3) is 0.562. The van der Waals surface area contributed by atoms with Gasteiger partial charge in [-0.15, -0.1) is 0 Å². The Labute approximate surface area is 133 Å². The number of nitrogens with zero attached hydrogens (tertiary/aromatic N) is 2. The highest BCUT2D eigenvalue weighted by Crippen LogP contribution is 2.31. The molecule has 0 aromatic carbocycles. The number of nitrogens with one attached hydrogen (secondary N) is 1. The fourth-order valence-electron chi connectivity index (χ4n) is 3.96. The fourth-order valence-corrected chi connectivity index (χ4v) is 3.96. The van der Waals surface area contributed by atoms with Gasteiger partial charge < -0.3 is 19.5 Å². The monoisotopic (exact) mass is 317 g/mol. The molecule has 3 aliphatic heterocycles. The predicted molar refractivity (Wildman–Crippen MR) is 79.4 cm³/mol. The first-order chi connectivity index (χ1) is 11.2. The third kappa shape index (κ3) is 2.22. The molecule has 7 heteroatoms. The van der Waals surface area contributed by atoms with Crippen LogP contribution in [0.4, 0.5) is 0 Å². The molecule has 1 aromatic rings. The molecular weight excluding hydrogens is 298 g/mol. The van der Waals surface area contributed by atoms with E-state index in [2.05, 4.69) is 5.32 Å². The minimum atomic E-state index is -0.573. The Balaban J connectivity index is 1.54. The zero-order chi connectivity index (χ0) is 16.0. The molecule has 4 heterocycles. The molecule has 7 nitrogen and oxygen atoms in total. The van der Waals surface area contributed by atoms with Gasteiger partial charge >= 0.3 is 0 Å². The van der Waals surface area contributed by atoms with E-state index in [1.807, 2.05) is 0 Å². The number of furan rings is 1. The Morgan fingerprint density at radius 3 is 2.78 bits per heavy atom. The minimum Gasteiger partial charge on any atom is -0.459 e. The van der Waals surface area contributed by atoms with Crippen LogP contribution in [0.1, 0.15) is 36.2 Å². The molecular formula is C16H19N3O4. The van der Waals surface area contributed by atoms with Crippen molar-refractivity contribution in [2.45, 2.75) is 43.8 Å². The third-order valence-electron chi connectivity index (χ3n) is 5.07. The molecule has 0 aliphatic carbocycles. The van der Waals surface area contributed by atoms with Crippen molar-refractivity contribution in [1.29, 1.82) is 0 Å². The molecule has 23 heavy (non-hydrogen) atoms. The van der Waals surface area contributed by atoms with Crippen molar-refractivity contribution < 1.29 is 18.8 Å². The van der Waals surface area contributed by atoms with Crippen LogP contribution in [0.15, 0.2) is 22.8 Å². The quantitative estimate of drug-likeness (QED) is 0.854. The van der Waals surface area contributed by atoms with E-state index in [1.165, 1.54) is 6.26 Å². The number of fused-ring (bicyclic) bond motifs is 2. The average Bonchev–Trinajstić information content (AvgIpc) is 3.22. The highest BCUT2D eigenvalue weighted by Gasteiger charge is 2.52. The van der Waals surface area contributed by atoms with Crippen LogP contribution < -0.4 is 5.32 Å². The Hall–Kier alpha value is -2.31. The zero-order valence-corrected chi connectivity index (χ0v) is 12.7. The first-order valence-corrected chi connectivity index (χ1v) is 8.12. The summed E-state index contributed by atoms with van der Waals surface area (Å²) in [5.41, 5.74) is 0. The number of carbonyl (C=O) groups excluding carboxylic acids is 3. The Morgan fingerprint density at radius 1 is 1.13 bits per heavy atom. The topological polar surface area (TPSA) is 82.9 Å². The summed E-state index contributed by atoms with van der Waals surface area (Å²) >= 11 is 0. The highest BCUT2D eigenvalue weighted by atomic mass is 16.3. The summed E-state index contributed by atoms with van der Waals surface area (Å²) in [6.45, 7) is 1.15. The van der Waals surface area contributed by atoms with Crippen molar-refractivity contribution in [2.75, 3.05) is 13.1 Å². The molecule has 0 saturated carbocycles. The van der Waals surface area contributed by atoms with E-state index in [0.717, 1.165) is 19.3 Å². The van der Waals surface area contributed by atoms with Crippen LogP contribution in [0, 0.1) is 0 Å². The van der Waals surface area contributed by atoms with Crippen LogP contribution in [0.2, 0.25) is 0 Å². The second-order valence-corrected chi connectivity index (χ2v) is 6.37. The number of piperidine rings is 1. The Bertz CT molecular complexity index is 642. The molecule has 3 amide bonds. The number of amides is 3. The zero-order valence-electron chi connectivity index (χ0n) is 12.7. The van der Waals surface area contributed by atoms with Crippen molar-refractivity contribution >= 4 is 17.7 Å². The summed E-state index contributed by atoms with van der Waals surface area (Å²) < 4.78 is 5.09. The van der Waals surface area contributed by atoms with Gasteiger partial charge in [0.15, 0.2) is 5.76 Å². The smallest absolute Gasteiger partial charge is 0.287 e. The van der Waals surface area contributed by atoms with Crippen molar-refractivity contribution in [3.8, 4) is 0 Å². The molecule has 0 spiro atoms. The van der Waals surface area contributed by atoms with E-state index < -0.39 is 6.04 Å². The molecule has 3 unspecified atom stereocenters. The summed E-state index contributed by atoms with van der Waals surface area (Å²) in [6.07, 6.45) is 4.69. The van der Waals surface area contributed by atoms with Gasteiger partial charge in [-0.05, 0) is 37.8 Å². The van der Waals surface area contributed by atoms with Gasteiger partial charge in [0, 0.05) is 13.1 Å². The van der Waals surface area contributed by atoms with Crippen molar-refractivity contribution in [3.05, 3.63) is 24.2 Å². The van der Waals surface area contributed by atoms with E-state index in [-0.39, 0.29) is 35.6 Å². The molecule has 1 N–H and O–H groups in total. The molecule has 3 fully saturated rings. The highest BCUT2D eigenvalue weighted by molar-refractivity contribution is 5.99. The second kappa shape index (κ2) is 5.40. The molecule has 1 aromatic heterocycles. The van der Waals surface area contributed by atoms with Crippen LogP contribution in [-0.4, -0.2) is 58.7 Å². The molecule has 0 radical (unpaired) electrons. The summed E-state index contributed by atoms with van der Waals surface area (Å²) in [5.74, 6) is -0.127. The van der Waals surface area contributed by atoms with Crippen LogP contribution in [0.5, 0.6) is 0 Å². The lowest BCUT2D eigenvalue weighted by Gasteiger charge is -2.45. The van der Waals surface area contributed by atoms with E-state index in [9.17, 15) is 14.4 Å². The maximum atomic E-state index is 12.8. The van der Waals surface area contributed by atoms with Crippen molar-refractivity contribution in [3.63, 3.8) is 0 Å². The van der Waals surface area contributed by atoms with E-state index >= 15 is 0 Å². The van der Waals surface area contributed by atoms with Crippen LogP contribution >= 0.6 is 0 Å². The molecule has 122 valence electrons. The van der Waals surface area contributed by atoms with Crippen LogP contribution in [0.25, 0.3) is 0 Å². The lowest BCUT2D eigenvalue weighted by atomic mass is 9.94. The van der Waals surface area contributed by atoms with E-state index in [1.54, 1.807) is 21.9 Å². The third-order valence-corrected chi connectivity index (χ3v) is 5.07. The summed E-state index contributed by atoms with van der Waals surface area (Å²) in [4.78, 5) is 41.0. The summed E-state index contributed by atoms with van der Waals surface area (Å²) in [6, 6.07) is 2.00. The molecule has 0 bridgehead atoms. The SMILES string of the molecule is O=C(NC1CCN2C(=O)C3CCCCN3C(=O)C12)c1ccco1. The molecule has 3 atom stereocenters. The van der Waals surface area contributed by atoms with Crippen molar-refractivity contribution in [2.24, 2.45) is 0 Å². The number of piperazine rings is 1. The van der Waals surface area contributed by atoms with Gasteiger partial charge in [-0.2, -0.15) is 0 Å². The van der Waals surface area contributed by atoms with Crippen LogP contribution in [-0.2, 0) is 9.59 Å². The Morgan fingerprint density at radius 2 is 2.00 bits per heavy atom. The first kappa shape index (κ1) is 14.3. The van der Waals surface area contributed by atoms with Gasteiger partial charge in [-0.1, -0.05) is 0 Å². The molecule has 4 rings (SSSR count). The van der Waals surface area contributed by atoms with E-state index in [4.69, 9.17) is 4.42 Å². The van der Waals surface area contributed by atoms with Gasteiger partial charge in [0.1, 0.15) is 12.1 Å². The average molecular weight is 317 g/mol. The largest absolute Gasteiger partial charge is 0.459 e. The van der Waals surface area contributed by atoms with Gasteiger partial charge in [-0.3, -0.25) is 14.4 Å². The van der Waals surface area contributed by atoms with E-state index in [0.29, 0.717) is 19.5 Å². The van der Waals surface area contributed by atoms with Gasteiger partial charge in [-0.25, -0.2) is 0 Å². The number of carbonyl (C=O) groups is 3. The maximum Gasteiger partial charge on any atom is 0.287 e. The standard InChI is InChI=1S/C16H19N3O4/c20-14(12-5-3-9-23-12)17-10-6-8-19-13(10)16(22)18-7-2-1-4-11(18)15(19)21/h3,5,9-11,13H,1-2,4,6-8H2,(H,17,20). The van der Waals surface area contributed by atoms with Crippen molar-refractivity contribution in [1.82, 2.24) is 15.1 Å². The molecule has 3 saturated heterocycles. The second-order valence-electron chi connectivity index (χ2n) is 6.37. The minimum absolute atomic E-state index is 0.0310. The number of rotatable bonds is 2. The lowest BCUT2D eigenvalue weighted by Crippen LogP contribution is -2.67. The summed E-state index contributed by atoms with van der Waals surface area (Å²) in [7, 11) is 0. The number of hydrogen-bond acceptors (Lipinski definition) is 4. The Kier molecular flexibility index (Phi) is 3.36. The van der Waals surface area contributed by atoms with Gasteiger partial charge in [0.05, 0.1) is 12.3 Å². The normalized spacial score (nSPS) is 30.2. The van der Waals surface area contributed by atoms with Crippen LogP contribution in [0.3, 0.4) is 0 Å². The summed E-state index contributed by atoms with van der Waals surface area (Å²) in [5, 5.41) is 2.85. The lowest BCUT2D eigenvalue weighted by molar-refractivity contribution is -0.161. The molecule has 3 aliphatic rings. The van der Waals surface area contributed by atoms with Gasteiger partial charge in [0.2, 0.25) is 11.8 Å².